The Kier molecular flexibility index (Phi) is 8.89. The minimum Gasteiger partial charge on any atom is -0.493 e. The Labute approximate surface area is 223 Å². The summed E-state index contributed by atoms with van der Waals surface area (Å²) in [5.74, 6) is 0.959. The molecule has 0 amide bonds. The number of nitrogens with zero attached hydrogens (tertiary/aromatic N) is 1. The highest BCUT2D eigenvalue weighted by Gasteiger charge is 2.33. The van der Waals surface area contributed by atoms with Crippen molar-refractivity contribution in [3.63, 3.8) is 0 Å². The summed E-state index contributed by atoms with van der Waals surface area (Å²) in [4.78, 5) is 12.4. The van der Waals surface area contributed by atoms with Gasteiger partial charge in [0, 0.05) is 17.2 Å². The standard InChI is InChI=1S/C31H32N2O5/c1-3-5-8-17-35-27-10-7-6-9-24(27)30-25-16-15-23(18-28(25)38-31(33)26(30)19-32)37-29(34)20-36-22-13-11-21(4-2)12-14-22/h6-7,9-16,18,30H,3-5,8,17,20,33H2,1-2H3. The van der Waals surface area contributed by atoms with Crippen LogP contribution in [0.5, 0.6) is 23.0 Å². The van der Waals surface area contributed by atoms with Crippen LogP contribution in [0, 0.1) is 11.3 Å². The summed E-state index contributed by atoms with van der Waals surface area (Å²) in [6.45, 7) is 4.56. The first kappa shape index (κ1) is 26.6. The highest BCUT2D eigenvalue weighted by atomic mass is 16.6. The molecule has 7 nitrogen and oxygen atoms in total. The second kappa shape index (κ2) is 12.7. The third kappa shape index (κ3) is 6.27. The summed E-state index contributed by atoms with van der Waals surface area (Å²) in [7, 11) is 0. The molecule has 1 aliphatic heterocycles. The van der Waals surface area contributed by atoms with Gasteiger partial charge in [0.05, 0.1) is 12.5 Å². The first-order valence-electron chi connectivity index (χ1n) is 12.9. The van der Waals surface area contributed by atoms with Gasteiger partial charge in [0.25, 0.3) is 0 Å². The molecule has 0 saturated heterocycles. The number of carbonyl (C=O) groups is 1. The zero-order chi connectivity index (χ0) is 26.9. The van der Waals surface area contributed by atoms with Gasteiger partial charge in [-0.25, -0.2) is 4.79 Å². The molecule has 196 valence electrons. The monoisotopic (exact) mass is 512 g/mol. The van der Waals surface area contributed by atoms with E-state index in [1.807, 2.05) is 48.5 Å². The molecule has 1 atom stereocenters. The van der Waals surface area contributed by atoms with E-state index < -0.39 is 11.9 Å². The van der Waals surface area contributed by atoms with Crippen molar-refractivity contribution in [2.45, 2.75) is 45.4 Å². The lowest BCUT2D eigenvalue weighted by Gasteiger charge is -2.28. The number of carbonyl (C=O) groups excluding carboxylic acids is 1. The van der Waals surface area contributed by atoms with Gasteiger partial charge >= 0.3 is 5.97 Å². The summed E-state index contributed by atoms with van der Waals surface area (Å²) in [5, 5.41) is 9.92. The molecule has 0 saturated carbocycles. The Morgan fingerprint density at radius 1 is 0.974 bits per heavy atom. The normalized spacial score (nSPS) is 14.2. The number of hydrogen-bond acceptors (Lipinski definition) is 7. The number of ether oxygens (including phenoxy) is 4. The number of unbranched alkanes of at least 4 members (excludes halogenated alkanes) is 2. The number of benzene rings is 3. The average Bonchev–Trinajstić information content (AvgIpc) is 2.94. The van der Waals surface area contributed by atoms with Gasteiger partial charge in [-0.1, -0.05) is 63.1 Å². The van der Waals surface area contributed by atoms with E-state index in [-0.39, 0.29) is 18.2 Å². The van der Waals surface area contributed by atoms with Gasteiger partial charge in [0.2, 0.25) is 5.88 Å². The van der Waals surface area contributed by atoms with Crippen LogP contribution < -0.4 is 24.7 Å². The van der Waals surface area contributed by atoms with Gasteiger partial charge in [-0.15, -0.1) is 0 Å². The van der Waals surface area contributed by atoms with Gasteiger partial charge in [-0.3, -0.25) is 0 Å². The zero-order valence-electron chi connectivity index (χ0n) is 21.7. The highest BCUT2D eigenvalue weighted by molar-refractivity contribution is 5.74. The molecule has 0 spiro atoms. The summed E-state index contributed by atoms with van der Waals surface area (Å²) < 4.78 is 22.9. The zero-order valence-corrected chi connectivity index (χ0v) is 21.7. The number of fused-ring (bicyclic) bond motifs is 1. The summed E-state index contributed by atoms with van der Waals surface area (Å²) in [5.41, 5.74) is 9.21. The maximum atomic E-state index is 12.4. The van der Waals surface area contributed by atoms with Crippen LogP contribution in [-0.4, -0.2) is 19.2 Å². The Morgan fingerprint density at radius 3 is 2.47 bits per heavy atom. The highest BCUT2D eigenvalue weighted by Crippen LogP contribution is 2.45. The Morgan fingerprint density at radius 2 is 1.74 bits per heavy atom. The molecule has 0 aliphatic carbocycles. The van der Waals surface area contributed by atoms with Crippen molar-refractivity contribution in [1.82, 2.24) is 0 Å². The largest absolute Gasteiger partial charge is 0.493 e. The molecular weight excluding hydrogens is 480 g/mol. The summed E-state index contributed by atoms with van der Waals surface area (Å²) in [6, 6.07) is 22.5. The number of hydrogen-bond donors (Lipinski definition) is 1. The Balaban J connectivity index is 1.52. The van der Waals surface area contributed by atoms with Crippen LogP contribution in [0.15, 0.2) is 78.2 Å². The van der Waals surface area contributed by atoms with Crippen molar-refractivity contribution in [2.75, 3.05) is 13.2 Å². The van der Waals surface area contributed by atoms with E-state index in [1.54, 1.807) is 18.2 Å². The Bertz CT molecular complexity index is 1340. The number of esters is 1. The number of allylic oxidation sites excluding steroid dienone is 1. The molecule has 3 aromatic carbocycles. The lowest BCUT2D eigenvalue weighted by molar-refractivity contribution is -0.136. The van der Waals surface area contributed by atoms with Crippen LogP contribution in [0.25, 0.3) is 0 Å². The predicted molar refractivity (Wildman–Crippen MR) is 144 cm³/mol. The molecule has 2 N–H and O–H groups in total. The summed E-state index contributed by atoms with van der Waals surface area (Å²) >= 11 is 0. The van der Waals surface area contributed by atoms with E-state index in [0.29, 0.717) is 29.4 Å². The lowest BCUT2D eigenvalue weighted by atomic mass is 9.83. The summed E-state index contributed by atoms with van der Waals surface area (Å²) in [6.07, 6.45) is 4.05. The minimum atomic E-state index is -0.552. The van der Waals surface area contributed by atoms with Crippen LogP contribution in [0.1, 0.15) is 55.7 Å². The fourth-order valence-electron chi connectivity index (χ4n) is 4.33. The van der Waals surface area contributed by atoms with E-state index in [0.717, 1.165) is 36.8 Å². The SMILES string of the molecule is CCCCCOc1ccccc1C1C(C#N)=C(N)Oc2cc(OC(=O)COc3ccc(CC)cc3)ccc21. The maximum absolute atomic E-state index is 12.4. The number of para-hydroxylation sites is 1. The molecular formula is C31H32N2O5. The number of rotatable bonds is 11. The second-order valence-corrected chi connectivity index (χ2v) is 8.98. The average molecular weight is 513 g/mol. The number of nitriles is 1. The molecule has 0 aromatic heterocycles. The molecule has 1 heterocycles. The molecule has 0 bridgehead atoms. The van der Waals surface area contributed by atoms with E-state index >= 15 is 0 Å². The fraction of sp³-hybridized carbons (Fsp3) is 0.290. The van der Waals surface area contributed by atoms with Gasteiger partial charge < -0.3 is 24.7 Å². The van der Waals surface area contributed by atoms with E-state index in [1.165, 1.54) is 5.56 Å². The number of aryl methyl sites for hydroxylation is 1. The van der Waals surface area contributed by atoms with E-state index in [4.69, 9.17) is 24.7 Å². The Hall–Kier alpha value is -4.44. The first-order chi connectivity index (χ1) is 18.5. The van der Waals surface area contributed by atoms with Crippen molar-refractivity contribution < 1.29 is 23.7 Å². The smallest absolute Gasteiger partial charge is 0.349 e. The van der Waals surface area contributed by atoms with Crippen molar-refractivity contribution in [1.29, 1.82) is 5.26 Å². The third-order valence-corrected chi connectivity index (χ3v) is 6.35. The fourth-order valence-corrected chi connectivity index (χ4v) is 4.33. The topological polar surface area (TPSA) is 104 Å². The van der Waals surface area contributed by atoms with Crippen LogP contribution in [0.4, 0.5) is 0 Å². The van der Waals surface area contributed by atoms with Crippen molar-refractivity contribution in [2.24, 2.45) is 5.73 Å². The van der Waals surface area contributed by atoms with Gasteiger partial charge in [-0.2, -0.15) is 5.26 Å². The lowest BCUT2D eigenvalue weighted by Crippen LogP contribution is -2.22. The molecule has 1 unspecified atom stereocenters. The van der Waals surface area contributed by atoms with Crippen LogP contribution in [-0.2, 0) is 11.2 Å². The van der Waals surface area contributed by atoms with E-state index in [2.05, 4.69) is 19.9 Å². The predicted octanol–water partition coefficient (Wildman–Crippen LogP) is 6.02. The van der Waals surface area contributed by atoms with Gasteiger partial charge in [0.15, 0.2) is 6.61 Å². The van der Waals surface area contributed by atoms with Crippen molar-refractivity contribution in [3.8, 4) is 29.1 Å². The maximum Gasteiger partial charge on any atom is 0.349 e. The molecule has 1 aliphatic rings. The number of nitrogens with two attached hydrogens (primary N) is 1. The quantitative estimate of drug-likeness (QED) is 0.190. The first-order valence-corrected chi connectivity index (χ1v) is 12.9. The second-order valence-electron chi connectivity index (χ2n) is 8.98. The molecule has 4 rings (SSSR count). The molecule has 3 aromatic rings. The molecule has 38 heavy (non-hydrogen) atoms. The van der Waals surface area contributed by atoms with Gasteiger partial charge in [0.1, 0.15) is 34.6 Å². The molecule has 0 fully saturated rings. The van der Waals surface area contributed by atoms with Gasteiger partial charge in [-0.05, 0) is 42.7 Å². The van der Waals surface area contributed by atoms with E-state index in [9.17, 15) is 10.1 Å². The van der Waals surface area contributed by atoms with Crippen LogP contribution in [0.3, 0.4) is 0 Å². The van der Waals surface area contributed by atoms with Crippen molar-refractivity contribution >= 4 is 5.97 Å². The van der Waals surface area contributed by atoms with Crippen LogP contribution in [0.2, 0.25) is 0 Å². The third-order valence-electron chi connectivity index (χ3n) is 6.35. The minimum absolute atomic E-state index is 0.00752. The molecule has 7 heteroatoms. The van der Waals surface area contributed by atoms with Crippen molar-refractivity contribution in [3.05, 3.63) is 94.9 Å². The van der Waals surface area contributed by atoms with Crippen LogP contribution >= 0.6 is 0 Å². The molecule has 0 radical (unpaired) electrons.